The molecule has 0 aliphatic rings. The lowest BCUT2D eigenvalue weighted by atomic mass is 9.95. The molecule has 0 atom stereocenters. The molecule has 0 aliphatic carbocycles. The van der Waals surface area contributed by atoms with Gasteiger partial charge >= 0.3 is 0 Å². The first-order chi connectivity index (χ1) is 24.8. The lowest BCUT2D eigenvalue weighted by Gasteiger charge is -2.28. The van der Waals surface area contributed by atoms with Gasteiger partial charge in [0.15, 0.2) is 0 Å². The van der Waals surface area contributed by atoms with Crippen LogP contribution >= 0.6 is 0 Å². The highest BCUT2D eigenvalue weighted by Gasteiger charge is 2.22. The monoisotopic (exact) mass is 637 g/mol. The first-order valence-corrected chi connectivity index (χ1v) is 17.1. The van der Waals surface area contributed by atoms with Crippen molar-refractivity contribution in [2.75, 3.05) is 4.90 Å². The van der Waals surface area contributed by atoms with Crippen molar-refractivity contribution in [1.82, 2.24) is 0 Å². The van der Waals surface area contributed by atoms with Crippen LogP contribution in [0.3, 0.4) is 0 Å². The molecule has 1 heterocycles. The lowest BCUT2D eigenvalue weighted by Crippen LogP contribution is -2.10. The summed E-state index contributed by atoms with van der Waals surface area (Å²) in [7, 11) is 0. The van der Waals surface area contributed by atoms with Crippen LogP contribution in [-0.2, 0) is 0 Å². The molecule has 10 aromatic rings. The Morgan fingerprint density at radius 2 is 1.00 bits per heavy atom. The molecule has 9 aromatic carbocycles. The van der Waals surface area contributed by atoms with Crippen LogP contribution in [0.2, 0.25) is 0 Å². The van der Waals surface area contributed by atoms with Crippen LogP contribution in [0.5, 0.6) is 0 Å². The lowest BCUT2D eigenvalue weighted by molar-refractivity contribution is 0.673. The van der Waals surface area contributed by atoms with Gasteiger partial charge < -0.3 is 9.32 Å². The van der Waals surface area contributed by atoms with E-state index in [0.29, 0.717) is 0 Å². The average Bonchev–Trinajstić information content (AvgIpc) is 3.57. The van der Waals surface area contributed by atoms with Crippen molar-refractivity contribution in [2.45, 2.75) is 0 Å². The van der Waals surface area contributed by atoms with E-state index in [1.165, 1.54) is 38.2 Å². The van der Waals surface area contributed by atoms with Crippen molar-refractivity contribution >= 4 is 71.3 Å². The molecule has 1 aromatic heterocycles. The van der Waals surface area contributed by atoms with Crippen LogP contribution in [-0.4, -0.2) is 0 Å². The van der Waals surface area contributed by atoms with Gasteiger partial charge in [-0.2, -0.15) is 0 Å². The number of fused-ring (bicyclic) bond motifs is 7. The van der Waals surface area contributed by atoms with Crippen molar-refractivity contribution in [2.24, 2.45) is 0 Å². The quantitative estimate of drug-likeness (QED) is 0.187. The second-order valence-corrected chi connectivity index (χ2v) is 12.9. The molecule has 0 radical (unpaired) electrons. The van der Waals surface area contributed by atoms with E-state index in [-0.39, 0.29) is 0 Å². The molecule has 50 heavy (non-hydrogen) atoms. The van der Waals surface area contributed by atoms with Gasteiger partial charge in [-0.15, -0.1) is 0 Å². The van der Waals surface area contributed by atoms with Crippen LogP contribution in [0.1, 0.15) is 0 Å². The Bertz CT molecular complexity index is 2880. The first-order valence-electron chi connectivity index (χ1n) is 17.1. The van der Waals surface area contributed by atoms with Gasteiger partial charge in [-0.05, 0) is 86.3 Å². The Kier molecular flexibility index (Phi) is 6.53. The van der Waals surface area contributed by atoms with Crippen LogP contribution in [0.25, 0.3) is 76.5 Å². The van der Waals surface area contributed by atoms with E-state index in [2.05, 4.69) is 193 Å². The number of furan rings is 1. The molecular formula is C48H31NO. The minimum absolute atomic E-state index is 0.885. The topological polar surface area (TPSA) is 16.4 Å². The van der Waals surface area contributed by atoms with E-state index in [1.54, 1.807) is 0 Å². The maximum Gasteiger partial charge on any atom is 0.143 e. The zero-order valence-corrected chi connectivity index (χ0v) is 27.3. The van der Waals surface area contributed by atoms with Gasteiger partial charge in [0, 0.05) is 32.9 Å². The molecule has 0 amide bonds. The van der Waals surface area contributed by atoms with Crippen molar-refractivity contribution in [1.29, 1.82) is 0 Å². The Labute approximate surface area is 290 Å². The van der Waals surface area contributed by atoms with Crippen molar-refractivity contribution in [3.8, 4) is 22.3 Å². The summed E-state index contributed by atoms with van der Waals surface area (Å²) in [5.74, 6) is 0. The number of rotatable bonds is 5. The molecule has 0 unspecified atom stereocenters. The smallest absolute Gasteiger partial charge is 0.143 e. The van der Waals surface area contributed by atoms with Crippen LogP contribution in [0.15, 0.2) is 192 Å². The molecule has 0 fully saturated rings. The Morgan fingerprint density at radius 3 is 1.82 bits per heavy atom. The number of hydrogen-bond acceptors (Lipinski definition) is 2. The minimum atomic E-state index is 0.885. The molecule has 0 saturated carbocycles. The highest BCUT2D eigenvalue weighted by Crippen LogP contribution is 2.47. The van der Waals surface area contributed by atoms with Gasteiger partial charge in [-0.25, -0.2) is 0 Å². The van der Waals surface area contributed by atoms with Crippen molar-refractivity contribution in [3.05, 3.63) is 188 Å². The molecule has 0 saturated heterocycles. The molecule has 0 bridgehead atoms. The van der Waals surface area contributed by atoms with Gasteiger partial charge in [-0.1, -0.05) is 146 Å². The van der Waals surface area contributed by atoms with Crippen LogP contribution in [0.4, 0.5) is 17.1 Å². The van der Waals surface area contributed by atoms with Gasteiger partial charge in [0.25, 0.3) is 0 Å². The van der Waals surface area contributed by atoms with Crippen LogP contribution in [0, 0.1) is 0 Å². The normalized spacial score (nSPS) is 11.6. The van der Waals surface area contributed by atoms with Gasteiger partial charge in [0.2, 0.25) is 0 Å². The predicted octanol–water partition coefficient (Wildman–Crippen LogP) is 13.8. The maximum absolute atomic E-state index is 6.78. The highest BCUT2D eigenvalue weighted by atomic mass is 16.3. The van der Waals surface area contributed by atoms with Crippen LogP contribution < -0.4 is 4.90 Å². The Morgan fingerprint density at radius 1 is 0.360 bits per heavy atom. The summed E-state index contributed by atoms with van der Waals surface area (Å²) in [5.41, 5.74) is 9.78. The standard InChI is InChI=1S/C48H31NO/c1-2-12-32(13-3-1)37-18-10-19-39(29-37)49(40-27-26-34-15-5-7-17-36(34)30-40)45-31-44-47-41(38-25-24-33-14-4-6-16-35(33)28-38)22-11-23-46(47)50-48(44)43-21-9-8-20-42(43)45/h1-31H. The SMILES string of the molecule is c1ccc(-c2cccc(N(c3ccc4ccccc4c3)c3cc4c(oc5cccc(-c6ccc7ccccc7c6)c54)c4ccccc34)c2)cc1. The summed E-state index contributed by atoms with van der Waals surface area (Å²) in [6, 6.07) is 67.5. The predicted molar refractivity (Wildman–Crippen MR) is 212 cm³/mol. The number of anilines is 3. The van der Waals surface area contributed by atoms with Gasteiger partial charge in [0.1, 0.15) is 11.2 Å². The zero-order chi connectivity index (χ0) is 33.0. The zero-order valence-electron chi connectivity index (χ0n) is 27.3. The van der Waals surface area contributed by atoms with Crippen molar-refractivity contribution < 1.29 is 4.42 Å². The van der Waals surface area contributed by atoms with Crippen molar-refractivity contribution in [3.63, 3.8) is 0 Å². The summed E-state index contributed by atoms with van der Waals surface area (Å²) in [5, 5.41) is 9.32. The summed E-state index contributed by atoms with van der Waals surface area (Å²) >= 11 is 0. The summed E-state index contributed by atoms with van der Waals surface area (Å²) in [6.45, 7) is 0. The van der Waals surface area contributed by atoms with E-state index < -0.39 is 0 Å². The molecule has 0 spiro atoms. The second kappa shape index (κ2) is 11.5. The van der Waals surface area contributed by atoms with E-state index in [4.69, 9.17) is 4.42 Å². The number of hydrogen-bond donors (Lipinski definition) is 0. The third-order valence-corrected chi connectivity index (χ3v) is 9.99. The third kappa shape index (κ3) is 4.65. The van der Waals surface area contributed by atoms with E-state index in [0.717, 1.165) is 55.3 Å². The Hall–Kier alpha value is -6.64. The number of benzene rings is 9. The van der Waals surface area contributed by atoms with E-state index in [9.17, 15) is 0 Å². The fraction of sp³-hybridized carbons (Fsp3) is 0. The summed E-state index contributed by atoms with van der Waals surface area (Å²) in [4.78, 5) is 2.41. The summed E-state index contributed by atoms with van der Waals surface area (Å²) < 4.78 is 6.78. The van der Waals surface area contributed by atoms with Gasteiger partial charge in [0.05, 0.1) is 5.69 Å². The molecular weight excluding hydrogens is 607 g/mol. The van der Waals surface area contributed by atoms with E-state index in [1.807, 2.05) is 0 Å². The Balaban J connectivity index is 1.28. The molecule has 10 rings (SSSR count). The molecule has 0 N–H and O–H groups in total. The maximum atomic E-state index is 6.78. The number of nitrogens with zero attached hydrogens (tertiary/aromatic N) is 1. The third-order valence-electron chi connectivity index (χ3n) is 9.99. The molecule has 0 aliphatic heterocycles. The summed E-state index contributed by atoms with van der Waals surface area (Å²) in [6.07, 6.45) is 0. The largest absolute Gasteiger partial charge is 0.455 e. The average molecular weight is 638 g/mol. The molecule has 234 valence electrons. The minimum Gasteiger partial charge on any atom is -0.455 e. The van der Waals surface area contributed by atoms with E-state index >= 15 is 0 Å². The highest BCUT2D eigenvalue weighted by molar-refractivity contribution is 6.22. The fourth-order valence-corrected chi connectivity index (χ4v) is 7.61. The molecule has 2 nitrogen and oxygen atoms in total. The van der Waals surface area contributed by atoms with Gasteiger partial charge in [-0.3, -0.25) is 0 Å². The second-order valence-electron chi connectivity index (χ2n) is 12.9. The first kappa shape index (κ1) is 28.4. The molecule has 2 heteroatoms. The fourth-order valence-electron chi connectivity index (χ4n) is 7.61.